The second kappa shape index (κ2) is 5.65. The van der Waals surface area contributed by atoms with Gasteiger partial charge < -0.3 is 11.1 Å². The molecule has 5 heteroatoms. The van der Waals surface area contributed by atoms with Crippen LogP contribution in [0.25, 0.3) is 0 Å². The highest BCUT2D eigenvalue weighted by Crippen LogP contribution is 2.09. The largest absolute Gasteiger partial charge is 0.366 e. The van der Waals surface area contributed by atoms with E-state index in [9.17, 15) is 9.59 Å². The minimum absolute atomic E-state index is 0.110. The van der Waals surface area contributed by atoms with Crippen LogP contribution >= 0.6 is 15.9 Å². The van der Waals surface area contributed by atoms with Crippen molar-refractivity contribution in [3.05, 3.63) is 35.4 Å². The molecule has 86 valence electrons. The predicted molar refractivity (Wildman–Crippen MR) is 65.4 cm³/mol. The summed E-state index contributed by atoms with van der Waals surface area (Å²) >= 11 is 3.29. The first-order valence-electron chi connectivity index (χ1n) is 4.90. The highest BCUT2D eigenvalue weighted by Gasteiger charge is 2.15. The van der Waals surface area contributed by atoms with Gasteiger partial charge in [-0.05, 0) is 18.6 Å². The van der Waals surface area contributed by atoms with Crippen LogP contribution in [0.2, 0.25) is 0 Å². The van der Waals surface area contributed by atoms with Gasteiger partial charge in [-0.2, -0.15) is 0 Å². The minimum Gasteiger partial charge on any atom is -0.366 e. The van der Waals surface area contributed by atoms with E-state index >= 15 is 0 Å². The van der Waals surface area contributed by atoms with Gasteiger partial charge in [-0.15, -0.1) is 0 Å². The number of primary amides is 1. The van der Waals surface area contributed by atoms with Crippen LogP contribution in [0.3, 0.4) is 0 Å². The number of hydrogen-bond donors (Lipinski definition) is 2. The first-order chi connectivity index (χ1) is 7.56. The van der Waals surface area contributed by atoms with E-state index in [0.717, 1.165) is 6.42 Å². The van der Waals surface area contributed by atoms with Crippen LogP contribution in [0.4, 0.5) is 0 Å². The fourth-order valence-corrected chi connectivity index (χ4v) is 1.43. The molecule has 0 aliphatic carbocycles. The molecule has 2 amide bonds. The van der Waals surface area contributed by atoms with Gasteiger partial charge in [0.25, 0.3) is 5.91 Å². The fraction of sp³-hybridized carbons (Fsp3) is 0.273. The number of halogens is 1. The first kappa shape index (κ1) is 12.7. The zero-order valence-electron chi connectivity index (χ0n) is 8.87. The molecule has 1 atom stereocenters. The molecule has 0 aromatic heterocycles. The molecule has 16 heavy (non-hydrogen) atoms. The molecule has 4 nitrogen and oxygen atoms in total. The number of hydrogen-bond acceptors (Lipinski definition) is 2. The molecule has 0 heterocycles. The average molecular weight is 285 g/mol. The molecule has 0 bridgehead atoms. The quantitative estimate of drug-likeness (QED) is 0.652. The van der Waals surface area contributed by atoms with E-state index in [0.29, 0.717) is 5.56 Å². The zero-order chi connectivity index (χ0) is 12.1. The van der Waals surface area contributed by atoms with Gasteiger partial charge >= 0.3 is 0 Å². The van der Waals surface area contributed by atoms with Crippen molar-refractivity contribution in [2.24, 2.45) is 5.73 Å². The van der Waals surface area contributed by atoms with Crippen molar-refractivity contribution in [3.63, 3.8) is 0 Å². The second-order valence-electron chi connectivity index (χ2n) is 3.26. The monoisotopic (exact) mass is 284 g/mol. The van der Waals surface area contributed by atoms with E-state index in [1.807, 2.05) is 6.92 Å². The molecule has 0 spiro atoms. The number of nitrogens with one attached hydrogen (secondary N) is 1. The summed E-state index contributed by atoms with van der Waals surface area (Å²) < 4.78 is 0. The van der Waals surface area contributed by atoms with E-state index in [4.69, 9.17) is 5.73 Å². The summed E-state index contributed by atoms with van der Waals surface area (Å²) in [5.74, 6) is -0.911. The van der Waals surface area contributed by atoms with Crippen molar-refractivity contribution in [3.8, 4) is 0 Å². The van der Waals surface area contributed by atoms with E-state index in [2.05, 4.69) is 21.2 Å². The summed E-state index contributed by atoms with van der Waals surface area (Å²) in [6.07, 6.45) is 0.754. The number of benzene rings is 1. The van der Waals surface area contributed by atoms with Crippen molar-refractivity contribution >= 4 is 27.7 Å². The summed E-state index contributed by atoms with van der Waals surface area (Å²) in [4.78, 5) is 22.8. The molecule has 1 aromatic rings. The normalized spacial score (nSPS) is 11.9. The number of carbonyl (C=O) groups is 2. The molecule has 0 aliphatic rings. The number of nitrogens with two attached hydrogens (primary N) is 1. The van der Waals surface area contributed by atoms with Crippen molar-refractivity contribution in [1.29, 1.82) is 0 Å². The van der Waals surface area contributed by atoms with E-state index in [1.165, 1.54) is 6.07 Å². The van der Waals surface area contributed by atoms with Crippen molar-refractivity contribution in [2.75, 3.05) is 0 Å². The Balaban J connectivity index is 2.95. The molecule has 0 aliphatic heterocycles. The van der Waals surface area contributed by atoms with Gasteiger partial charge in [-0.3, -0.25) is 9.59 Å². The molecular formula is C11H13BrN2O2. The van der Waals surface area contributed by atoms with Crippen LogP contribution in [-0.2, 0) is 0 Å². The van der Waals surface area contributed by atoms with Crippen LogP contribution in [0.5, 0.6) is 0 Å². The molecule has 1 rings (SSSR count). The Morgan fingerprint density at radius 1 is 1.38 bits per heavy atom. The van der Waals surface area contributed by atoms with Gasteiger partial charge in [-0.1, -0.05) is 35.0 Å². The Bertz CT molecular complexity index is 407. The maximum Gasteiger partial charge on any atom is 0.252 e. The molecule has 0 radical (unpaired) electrons. The lowest BCUT2D eigenvalue weighted by atomic mass is 10.1. The fourth-order valence-electron chi connectivity index (χ4n) is 1.22. The average Bonchev–Trinajstić information content (AvgIpc) is 2.28. The lowest BCUT2D eigenvalue weighted by Crippen LogP contribution is -2.31. The summed E-state index contributed by atoms with van der Waals surface area (Å²) in [6, 6.07) is 6.47. The summed E-state index contributed by atoms with van der Waals surface area (Å²) in [5, 5.41) is 2.71. The van der Waals surface area contributed by atoms with Crippen LogP contribution < -0.4 is 11.1 Å². The molecule has 0 saturated carbocycles. The highest BCUT2D eigenvalue weighted by atomic mass is 79.9. The van der Waals surface area contributed by atoms with Crippen LogP contribution in [-0.4, -0.2) is 16.8 Å². The summed E-state index contributed by atoms with van der Waals surface area (Å²) in [7, 11) is 0. The molecular weight excluding hydrogens is 272 g/mol. The Morgan fingerprint density at radius 2 is 1.94 bits per heavy atom. The maximum absolute atomic E-state index is 11.8. The van der Waals surface area contributed by atoms with Crippen molar-refractivity contribution in [1.82, 2.24) is 5.32 Å². The van der Waals surface area contributed by atoms with Gasteiger partial charge in [0, 0.05) is 0 Å². The SMILES string of the molecule is CCC(Br)NC(=O)c1ccccc1C(N)=O. The van der Waals surface area contributed by atoms with Crippen molar-refractivity contribution in [2.45, 2.75) is 18.3 Å². The van der Waals surface area contributed by atoms with Crippen LogP contribution in [0.1, 0.15) is 34.1 Å². The highest BCUT2D eigenvalue weighted by molar-refractivity contribution is 9.09. The van der Waals surface area contributed by atoms with E-state index in [1.54, 1.807) is 18.2 Å². The topological polar surface area (TPSA) is 72.2 Å². The third-order valence-corrected chi connectivity index (χ3v) is 2.96. The van der Waals surface area contributed by atoms with Gasteiger partial charge in [0.05, 0.1) is 16.1 Å². The number of alkyl halides is 1. The second-order valence-corrected chi connectivity index (χ2v) is 4.36. The standard InChI is InChI=1S/C11H13BrN2O2/c1-2-9(12)14-11(16)8-6-4-3-5-7(8)10(13)15/h3-6,9H,2H2,1H3,(H2,13,15)(H,14,16). The summed E-state index contributed by atoms with van der Waals surface area (Å²) in [5.41, 5.74) is 5.72. The minimum atomic E-state index is -0.603. The lowest BCUT2D eigenvalue weighted by molar-refractivity contribution is 0.0933. The molecule has 1 unspecified atom stereocenters. The van der Waals surface area contributed by atoms with Crippen LogP contribution in [0.15, 0.2) is 24.3 Å². The molecule has 3 N–H and O–H groups in total. The van der Waals surface area contributed by atoms with Gasteiger partial charge in [0.2, 0.25) is 5.91 Å². The maximum atomic E-state index is 11.8. The van der Waals surface area contributed by atoms with E-state index in [-0.39, 0.29) is 16.4 Å². The predicted octanol–water partition coefficient (Wildman–Crippen LogP) is 1.65. The zero-order valence-corrected chi connectivity index (χ0v) is 10.5. The summed E-state index contributed by atoms with van der Waals surface area (Å²) in [6.45, 7) is 1.93. The number of carbonyl (C=O) groups excluding carboxylic acids is 2. The third kappa shape index (κ3) is 3.06. The van der Waals surface area contributed by atoms with Gasteiger partial charge in [0.1, 0.15) is 0 Å². The smallest absolute Gasteiger partial charge is 0.252 e. The third-order valence-electron chi connectivity index (χ3n) is 2.08. The molecule has 1 aromatic carbocycles. The Labute approximate surface area is 102 Å². The molecule has 0 saturated heterocycles. The number of rotatable bonds is 4. The van der Waals surface area contributed by atoms with Gasteiger partial charge in [-0.25, -0.2) is 0 Å². The van der Waals surface area contributed by atoms with Crippen LogP contribution in [0, 0.1) is 0 Å². The van der Waals surface area contributed by atoms with Gasteiger partial charge in [0.15, 0.2) is 0 Å². The van der Waals surface area contributed by atoms with E-state index < -0.39 is 5.91 Å². The number of amides is 2. The molecule has 0 fully saturated rings. The van der Waals surface area contributed by atoms with Crippen molar-refractivity contribution < 1.29 is 9.59 Å². The first-order valence-corrected chi connectivity index (χ1v) is 5.81. The Hall–Kier alpha value is -1.36. The Morgan fingerprint density at radius 3 is 2.44 bits per heavy atom. The lowest BCUT2D eigenvalue weighted by Gasteiger charge is -2.11. The Kier molecular flexibility index (Phi) is 4.49.